The molecule has 0 unspecified atom stereocenters. The summed E-state index contributed by atoms with van der Waals surface area (Å²) < 4.78 is 32.2. The van der Waals surface area contributed by atoms with Crippen LogP contribution in [0.5, 0.6) is 0 Å². The molecule has 0 saturated heterocycles. The van der Waals surface area contributed by atoms with Crippen LogP contribution >= 0.6 is 0 Å². The number of aryl methyl sites for hydroxylation is 1. The van der Waals surface area contributed by atoms with Gasteiger partial charge in [0, 0.05) is 18.0 Å². The summed E-state index contributed by atoms with van der Waals surface area (Å²) in [5, 5.41) is 7.76. The summed E-state index contributed by atoms with van der Waals surface area (Å²) in [7, 11) is -3.49. The maximum atomic E-state index is 12.2. The van der Waals surface area contributed by atoms with E-state index in [1.165, 1.54) is 0 Å². The molecule has 0 fully saturated rings. The van der Waals surface area contributed by atoms with Crippen molar-refractivity contribution in [1.29, 1.82) is 0 Å². The number of aromatic nitrogens is 3. The quantitative estimate of drug-likeness (QED) is 0.735. The lowest BCUT2D eigenvalue weighted by atomic mass is 10.2. The molecule has 0 aliphatic rings. The van der Waals surface area contributed by atoms with E-state index in [-0.39, 0.29) is 18.2 Å². The lowest BCUT2D eigenvalue weighted by Gasteiger charge is -2.05. The molecule has 0 saturated carbocycles. The summed E-state index contributed by atoms with van der Waals surface area (Å²) in [4.78, 5) is 3.91. The van der Waals surface area contributed by atoms with E-state index in [9.17, 15) is 8.42 Å². The minimum absolute atomic E-state index is 0.0494. The molecule has 1 aromatic carbocycles. The molecule has 3 aromatic rings. The Hall–Kier alpha value is -2.58. The monoisotopic (exact) mass is 344 g/mol. The van der Waals surface area contributed by atoms with E-state index in [4.69, 9.17) is 4.42 Å². The van der Waals surface area contributed by atoms with Crippen LogP contribution in [-0.2, 0) is 22.3 Å². The second-order valence-electron chi connectivity index (χ2n) is 5.31. The Balaban J connectivity index is 1.64. The molecule has 0 bridgehead atoms. The van der Waals surface area contributed by atoms with Crippen LogP contribution in [0.25, 0.3) is 11.5 Å². The van der Waals surface area contributed by atoms with Gasteiger partial charge < -0.3 is 4.42 Å². The fourth-order valence-corrected chi connectivity index (χ4v) is 3.24. The van der Waals surface area contributed by atoms with Crippen LogP contribution in [0.3, 0.4) is 0 Å². The molecule has 2 aromatic heterocycles. The molecule has 8 heteroatoms. The van der Waals surface area contributed by atoms with Crippen LogP contribution in [0.15, 0.2) is 53.2 Å². The number of hydrogen-bond donors (Lipinski definition) is 1. The molecule has 124 valence electrons. The SMILES string of the molecule is Cc1cccc(CS(=O)(=O)NCc2nnc(-c3ccncc3)o2)c1. The Kier molecular flexibility index (Phi) is 4.68. The van der Waals surface area contributed by atoms with Gasteiger partial charge >= 0.3 is 0 Å². The van der Waals surface area contributed by atoms with Crippen molar-refractivity contribution in [2.24, 2.45) is 0 Å². The van der Waals surface area contributed by atoms with Crippen LogP contribution in [0.2, 0.25) is 0 Å². The van der Waals surface area contributed by atoms with Crippen LogP contribution in [0.4, 0.5) is 0 Å². The average molecular weight is 344 g/mol. The molecule has 0 radical (unpaired) electrons. The zero-order valence-corrected chi connectivity index (χ0v) is 13.8. The molecule has 7 nitrogen and oxygen atoms in total. The smallest absolute Gasteiger partial charge is 0.247 e. The van der Waals surface area contributed by atoms with Gasteiger partial charge in [-0.3, -0.25) is 4.98 Å². The first kappa shape index (κ1) is 16.3. The van der Waals surface area contributed by atoms with E-state index in [2.05, 4.69) is 19.9 Å². The minimum Gasteiger partial charge on any atom is -0.419 e. The number of hydrogen-bond acceptors (Lipinski definition) is 6. The highest BCUT2D eigenvalue weighted by Gasteiger charge is 2.14. The Morgan fingerprint density at radius 1 is 1.12 bits per heavy atom. The largest absolute Gasteiger partial charge is 0.419 e. The highest BCUT2D eigenvalue weighted by Crippen LogP contribution is 2.16. The average Bonchev–Trinajstić information content (AvgIpc) is 3.03. The summed E-state index contributed by atoms with van der Waals surface area (Å²) in [5.74, 6) is 0.431. The summed E-state index contributed by atoms with van der Waals surface area (Å²) in [6.07, 6.45) is 3.23. The van der Waals surface area contributed by atoms with Gasteiger partial charge in [-0.15, -0.1) is 10.2 Å². The lowest BCUT2D eigenvalue weighted by Crippen LogP contribution is -2.24. The van der Waals surface area contributed by atoms with E-state index in [0.29, 0.717) is 5.89 Å². The van der Waals surface area contributed by atoms with Crippen molar-refractivity contribution >= 4 is 10.0 Å². The van der Waals surface area contributed by atoms with Crippen LogP contribution in [0.1, 0.15) is 17.0 Å². The van der Waals surface area contributed by atoms with Crippen molar-refractivity contribution in [3.05, 3.63) is 65.8 Å². The number of nitrogens with zero attached hydrogens (tertiary/aromatic N) is 3. The molecule has 0 aliphatic heterocycles. The summed E-state index contributed by atoms with van der Waals surface area (Å²) in [6.45, 7) is 1.87. The summed E-state index contributed by atoms with van der Waals surface area (Å²) in [5.41, 5.74) is 2.47. The number of nitrogens with one attached hydrogen (secondary N) is 1. The molecule has 0 spiro atoms. The topological polar surface area (TPSA) is 98.0 Å². The number of benzene rings is 1. The lowest BCUT2D eigenvalue weighted by molar-refractivity contribution is 0.494. The van der Waals surface area contributed by atoms with Crippen molar-refractivity contribution in [3.8, 4) is 11.5 Å². The number of rotatable bonds is 6. The molecule has 1 N–H and O–H groups in total. The second-order valence-corrected chi connectivity index (χ2v) is 7.11. The second kappa shape index (κ2) is 6.90. The first-order valence-corrected chi connectivity index (χ1v) is 8.93. The minimum atomic E-state index is -3.49. The van der Waals surface area contributed by atoms with Crippen molar-refractivity contribution in [3.63, 3.8) is 0 Å². The van der Waals surface area contributed by atoms with E-state index < -0.39 is 10.0 Å². The fraction of sp³-hybridized carbons (Fsp3) is 0.188. The van der Waals surface area contributed by atoms with Gasteiger partial charge in [0.2, 0.25) is 21.8 Å². The van der Waals surface area contributed by atoms with E-state index in [1.807, 2.05) is 25.1 Å². The normalized spacial score (nSPS) is 11.5. The molecule has 0 atom stereocenters. The Morgan fingerprint density at radius 3 is 2.67 bits per heavy atom. The summed E-state index contributed by atoms with van der Waals surface area (Å²) >= 11 is 0. The van der Waals surface area contributed by atoms with E-state index in [0.717, 1.165) is 16.7 Å². The molecule has 0 amide bonds. The van der Waals surface area contributed by atoms with Crippen molar-refractivity contribution in [1.82, 2.24) is 19.9 Å². The summed E-state index contributed by atoms with van der Waals surface area (Å²) in [6, 6.07) is 10.8. The maximum absolute atomic E-state index is 12.2. The molecular weight excluding hydrogens is 328 g/mol. The molecule has 2 heterocycles. The van der Waals surface area contributed by atoms with Crippen molar-refractivity contribution < 1.29 is 12.8 Å². The zero-order valence-electron chi connectivity index (χ0n) is 13.0. The zero-order chi connectivity index (χ0) is 17.0. The Labute approximate surface area is 139 Å². The first-order valence-electron chi connectivity index (χ1n) is 7.27. The van der Waals surface area contributed by atoms with Gasteiger partial charge in [0.15, 0.2) is 0 Å². The molecule has 24 heavy (non-hydrogen) atoms. The predicted molar refractivity (Wildman–Crippen MR) is 88.2 cm³/mol. The van der Waals surface area contributed by atoms with Gasteiger partial charge in [-0.2, -0.15) is 0 Å². The fourth-order valence-electron chi connectivity index (χ4n) is 2.18. The van der Waals surface area contributed by atoms with Gasteiger partial charge in [-0.1, -0.05) is 29.8 Å². The van der Waals surface area contributed by atoms with Gasteiger partial charge in [-0.05, 0) is 24.6 Å². The van der Waals surface area contributed by atoms with Crippen LogP contribution in [-0.4, -0.2) is 23.6 Å². The molecular formula is C16H16N4O3S. The van der Waals surface area contributed by atoms with Gasteiger partial charge in [0.1, 0.15) is 0 Å². The Bertz CT molecular complexity index is 923. The maximum Gasteiger partial charge on any atom is 0.247 e. The third-order valence-electron chi connectivity index (χ3n) is 3.28. The number of sulfonamides is 1. The molecule has 3 rings (SSSR count). The molecule has 0 aliphatic carbocycles. The number of pyridine rings is 1. The van der Waals surface area contributed by atoms with Crippen molar-refractivity contribution in [2.45, 2.75) is 19.2 Å². The van der Waals surface area contributed by atoms with E-state index >= 15 is 0 Å². The standard InChI is InChI=1S/C16H16N4O3S/c1-12-3-2-4-13(9-12)11-24(21,22)18-10-15-19-20-16(23-15)14-5-7-17-8-6-14/h2-9,18H,10-11H2,1H3. The Morgan fingerprint density at radius 2 is 1.92 bits per heavy atom. The van der Waals surface area contributed by atoms with E-state index in [1.54, 1.807) is 30.6 Å². The van der Waals surface area contributed by atoms with Crippen LogP contribution < -0.4 is 4.72 Å². The van der Waals surface area contributed by atoms with Crippen molar-refractivity contribution in [2.75, 3.05) is 0 Å². The third-order valence-corrected chi connectivity index (χ3v) is 4.57. The predicted octanol–water partition coefficient (Wildman–Crippen LogP) is 2.06. The third kappa shape index (κ3) is 4.24. The first-order chi connectivity index (χ1) is 11.5. The highest BCUT2D eigenvalue weighted by atomic mass is 32.2. The van der Waals surface area contributed by atoms with Gasteiger partial charge in [0.25, 0.3) is 0 Å². The van der Waals surface area contributed by atoms with Gasteiger partial charge in [-0.25, -0.2) is 13.1 Å². The van der Waals surface area contributed by atoms with Crippen LogP contribution in [0, 0.1) is 6.92 Å². The van der Waals surface area contributed by atoms with Gasteiger partial charge in [0.05, 0.1) is 12.3 Å². The highest BCUT2D eigenvalue weighted by molar-refractivity contribution is 7.88.